The monoisotopic (exact) mass is 296 g/mol. The van der Waals surface area contributed by atoms with Gasteiger partial charge in [0, 0.05) is 13.1 Å². The number of urea groups is 1. The summed E-state index contributed by atoms with van der Waals surface area (Å²) in [6.45, 7) is 6.76. The second kappa shape index (κ2) is 6.56. The van der Waals surface area contributed by atoms with Crippen LogP contribution in [0.3, 0.4) is 0 Å². The first kappa shape index (κ1) is 16.9. The molecular formula is C15H21FN2O3. The van der Waals surface area contributed by atoms with Crippen molar-refractivity contribution in [1.29, 1.82) is 0 Å². The number of para-hydroxylation sites is 1. The number of amides is 2. The smallest absolute Gasteiger partial charge is 0.329 e. The molecule has 1 aromatic carbocycles. The molecule has 0 aliphatic carbocycles. The van der Waals surface area contributed by atoms with Crippen LogP contribution in [0.2, 0.25) is 0 Å². The lowest BCUT2D eigenvalue weighted by Crippen LogP contribution is -2.57. The summed E-state index contributed by atoms with van der Waals surface area (Å²) in [5.74, 6) is -1.63. The molecule has 116 valence electrons. The number of nitrogens with zero attached hydrogens (tertiary/aromatic N) is 2. The van der Waals surface area contributed by atoms with Crippen LogP contribution in [0.25, 0.3) is 0 Å². The van der Waals surface area contributed by atoms with Gasteiger partial charge in [-0.3, -0.25) is 4.90 Å². The van der Waals surface area contributed by atoms with E-state index in [1.54, 1.807) is 19.9 Å². The summed E-state index contributed by atoms with van der Waals surface area (Å²) in [6, 6.07) is 5.41. The van der Waals surface area contributed by atoms with Gasteiger partial charge in [0.25, 0.3) is 0 Å². The molecule has 0 aliphatic heterocycles. The maximum atomic E-state index is 13.9. The fraction of sp³-hybridized carbons (Fsp3) is 0.467. The lowest BCUT2D eigenvalue weighted by atomic mass is 10.0. The molecule has 0 aromatic heterocycles. The Hall–Kier alpha value is -2.11. The minimum absolute atomic E-state index is 0.143. The number of anilines is 1. The van der Waals surface area contributed by atoms with E-state index in [0.717, 1.165) is 0 Å². The Morgan fingerprint density at radius 2 is 1.76 bits per heavy atom. The fourth-order valence-corrected chi connectivity index (χ4v) is 2.11. The van der Waals surface area contributed by atoms with Crippen molar-refractivity contribution in [3.8, 4) is 0 Å². The number of hydrogen-bond donors (Lipinski definition) is 1. The summed E-state index contributed by atoms with van der Waals surface area (Å²) in [5, 5.41) is 9.28. The molecule has 0 unspecified atom stereocenters. The van der Waals surface area contributed by atoms with Crippen LogP contribution in [-0.2, 0) is 4.79 Å². The minimum Gasteiger partial charge on any atom is -0.480 e. The van der Waals surface area contributed by atoms with Gasteiger partial charge in [-0.05, 0) is 39.8 Å². The highest BCUT2D eigenvalue weighted by atomic mass is 19.1. The second-order valence-electron chi connectivity index (χ2n) is 5.09. The molecule has 0 spiro atoms. The third-order valence-electron chi connectivity index (χ3n) is 3.44. The molecule has 5 nitrogen and oxygen atoms in total. The predicted octanol–water partition coefficient (Wildman–Crippen LogP) is 2.96. The van der Waals surface area contributed by atoms with Crippen molar-refractivity contribution >= 4 is 17.7 Å². The predicted molar refractivity (Wildman–Crippen MR) is 78.9 cm³/mol. The van der Waals surface area contributed by atoms with E-state index in [1.165, 1.54) is 41.8 Å². The maximum absolute atomic E-state index is 13.9. The molecule has 6 heteroatoms. The number of benzene rings is 1. The zero-order chi connectivity index (χ0) is 16.2. The lowest BCUT2D eigenvalue weighted by molar-refractivity contribution is -0.147. The highest BCUT2D eigenvalue weighted by Gasteiger charge is 2.39. The van der Waals surface area contributed by atoms with Crippen molar-refractivity contribution in [2.45, 2.75) is 33.2 Å². The number of rotatable bonds is 5. The van der Waals surface area contributed by atoms with E-state index in [2.05, 4.69) is 0 Å². The summed E-state index contributed by atoms with van der Waals surface area (Å²) in [5.41, 5.74) is -1.23. The van der Waals surface area contributed by atoms with Crippen LogP contribution < -0.4 is 4.90 Å². The minimum atomic E-state index is -1.37. The molecule has 0 heterocycles. The molecular weight excluding hydrogens is 275 g/mol. The average molecular weight is 296 g/mol. The van der Waals surface area contributed by atoms with Crippen LogP contribution in [-0.4, -0.2) is 40.6 Å². The number of hydrogen-bond acceptors (Lipinski definition) is 2. The topological polar surface area (TPSA) is 60.9 Å². The summed E-state index contributed by atoms with van der Waals surface area (Å²) < 4.78 is 13.9. The Balaban J connectivity index is 3.19. The first-order valence-electron chi connectivity index (χ1n) is 6.84. The number of halogens is 1. The van der Waals surface area contributed by atoms with Crippen molar-refractivity contribution in [1.82, 2.24) is 4.90 Å². The van der Waals surface area contributed by atoms with Crippen LogP contribution >= 0.6 is 0 Å². The van der Waals surface area contributed by atoms with Crippen molar-refractivity contribution < 1.29 is 19.1 Å². The van der Waals surface area contributed by atoms with Gasteiger partial charge in [0.2, 0.25) is 0 Å². The van der Waals surface area contributed by atoms with E-state index in [1.807, 2.05) is 0 Å². The van der Waals surface area contributed by atoms with Crippen LogP contribution in [0.15, 0.2) is 24.3 Å². The van der Waals surface area contributed by atoms with Crippen molar-refractivity contribution in [2.24, 2.45) is 0 Å². The Bertz CT molecular complexity index is 531. The fourth-order valence-electron chi connectivity index (χ4n) is 2.11. The van der Waals surface area contributed by atoms with Gasteiger partial charge >= 0.3 is 12.0 Å². The van der Waals surface area contributed by atoms with Gasteiger partial charge in [-0.2, -0.15) is 0 Å². The first-order valence-corrected chi connectivity index (χ1v) is 6.84. The van der Waals surface area contributed by atoms with Gasteiger partial charge in [0.05, 0.1) is 5.69 Å². The van der Waals surface area contributed by atoms with Crippen molar-refractivity contribution in [3.63, 3.8) is 0 Å². The third-order valence-corrected chi connectivity index (χ3v) is 3.44. The second-order valence-corrected chi connectivity index (χ2v) is 5.09. The molecule has 0 fully saturated rings. The standard InChI is InChI=1S/C15H21FN2O3/c1-5-17(12-10-8-7-9-11(12)16)14(21)18(6-2)15(3,4)13(19)20/h7-10H,5-6H2,1-4H3,(H,19,20). The Morgan fingerprint density at radius 3 is 2.19 bits per heavy atom. The number of carbonyl (C=O) groups is 2. The molecule has 0 radical (unpaired) electrons. The van der Waals surface area contributed by atoms with Crippen LogP contribution in [0, 0.1) is 5.82 Å². The van der Waals surface area contributed by atoms with E-state index >= 15 is 0 Å². The van der Waals surface area contributed by atoms with E-state index in [0.29, 0.717) is 0 Å². The number of carbonyl (C=O) groups excluding carboxylic acids is 1. The molecule has 0 atom stereocenters. The molecule has 21 heavy (non-hydrogen) atoms. The van der Waals surface area contributed by atoms with Gasteiger partial charge in [0.15, 0.2) is 0 Å². The summed E-state index contributed by atoms with van der Waals surface area (Å²) in [6.07, 6.45) is 0. The summed E-state index contributed by atoms with van der Waals surface area (Å²) >= 11 is 0. The number of aliphatic carboxylic acids is 1. The first-order chi connectivity index (χ1) is 9.77. The third kappa shape index (κ3) is 3.32. The lowest BCUT2D eigenvalue weighted by Gasteiger charge is -2.37. The number of carboxylic acid groups (broad SMARTS) is 1. The van der Waals surface area contributed by atoms with Gasteiger partial charge < -0.3 is 10.0 Å². The zero-order valence-corrected chi connectivity index (χ0v) is 12.8. The van der Waals surface area contributed by atoms with Crippen LogP contribution in [0.1, 0.15) is 27.7 Å². The van der Waals surface area contributed by atoms with Crippen molar-refractivity contribution in [3.05, 3.63) is 30.1 Å². The average Bonchev–Trinajstić information content (AvgIpc) is 2.42. The number of carboxylic acids is 1. The van der Waals surface area contributed by atoms with Gasteiger partial charge in [-0.15, -0.1) is 0 Å². The zero-order valence-electron chi connectivity index (χ0n) is 12.8. The molecule has 1 aromatic rings. The molecule has 1 rings (SSSR count). The largest absolute Gasteiger partial charge is 0.480 e. The van der Waals surface area contributed by atoms with Gasteiger partial charge in [-0.1, -0.05) is 12.1 Å². The molecule has 1 N–H and O–H groups in total. The van der Waals surface area contributed by atoms with Crippen LogP contribution in [0.4, 0.5) is 14.9 Å². The molecule has 0 bridgehead atoms. The van der Waals surface area contributed by atoms with Crippen molar-refractivity contribution in [2.75, 3.05) is 18.0 Å². The van der Waals surface area contributed by atoms with E-state index in [9.17, 15) is 19.1 Å². The van der Waals surface area contributed by atoms with Gasteiger partial charge in [-0.25, -0.2) is 14.0 Å². The normalized spacial score (nSPS) is 11.1. The van der Waals surface area contributed by atoms with E-state index in [4.69, 9.17) is 0 Å². The highest BCUT2D eigenvalue weighted by Crippen LogP contribution is 2.23. The van der Waals surface area contributed by atoms with E-state index < -0.39 is 23.4 Å². The van der Waals surface area contributed by atoms with Crippen LogP contribution in [0.5, 0.6) is 0 Å². The molecule has 0 aliphatic rings. The summed E-state index contributed by atoms with van der Waals surface area (Å²) in [4.78, 5) is 26.4. The summed E-state index contributed by atoms with van der Waals surface area (Å²) in [7, 11) is 0. The Morgan fingerprint density at radius 1 is 1.19 bits per heavy atom. The molecule has 0 saturated heterocycles. The Labute approximate surface area is 124 Å². The van der Waals surface area contributed by atoms with Gasteiger partial charge in [0.1, 0.15) is 11.4 Å². The quantitative estimate of drug-likeness (QED) is 0.908. The molecule has 2 amide bonds. The molecule has 0 saturated carbocycles. The highest BCUT2D eigenvalue weighted by molar-refractivity contribution is 5.95. The SMILES string of the molecule is CCN(C(=O)N(CC)C(C)(C)C(=O)O)c1ccccc1F. The maximum Gasteiger partial charge on any atom is 0.329 e. The van der Waals surface area contributed by atoms with E-state index in [-0.39, 0.29) is 18.8 Å². The number of likely N-dealkylation sites (N-methyl/N-ethyl adjacent to an activating group) is 1. The Kier molecular flexibility index (Phi) is 5.29.